The average Bonchev–Trinajstić information content (AvgIpc) is 2.48. The number of amides is 1. The molecule has 0 aromatic rings. The van der Waals surface area contributed by atoms with Gasteiger partial charge in [0.1, 0.15) is 0 Å². The maximum atomic E-state index is 10.6. The van der Waals surface area contributed by atoms with E-state index in [9.17, 15) is 4.79 Å². The molecule has 0 radical (unpaired) electrons. The Labute approximate surface area is 72.2 Å². The third kappa shape index (κ3) is 2.79. The Balaban J connectivity index is 2.15. The van der Waals surface area contributed by atoms with Gasteiger partial charge in [0.05, 0.1) is 6.10 Å². The maximum Gasteiger partial charge on any atom is 0.216 e. The number of hydrogen-bond donors (Lipinski definition) is 1. The molecule has 0 aromatic carbocycles. The van der Waals surface area contributed by atoms with E-state index in [2.05, 4.69) is 5.32 Å². The van der Waals surface area contributed by atoms with Gasteiger partial charge < -0.3 is 14.8 Å². The Hall–Kier alpha value is -0.610. The van der Waals surface area contributed by atoms with Crippen LogP contribution in [0.1, 0.15) is 19.8 Å². The van der Waals surface area contributed by atoms with Crippen LogP contribution < -0.4 is 5.32 Å². The lowest BCUT2D eigenvalue weighted by Gasteiger charge is -2.12. The Morgan fingerprint density at radius 1 is 1.67 bits per heavy atom. The van der Waals surface area contributed by atoms with Crippen molar-refractivity contribution in [3.63, 3.8) is 0 Å². The number of ether oxygens (including phenoxy) is 2. The summed E-state index contributed by atoms with van der Waals surface area (Å²) in [7, 11) is 1.63. The van der Waals surface area contributed by atoms with Gasteiger partial charge in [0.2, 0.25) is 5.91 Å². The van der Waals surface area contributed by atoms with Crippen molar-refractivity contribution in [1.82, 2.24) is 5.32 Å². The predicted molar refractivity (Wildman–Crippen MR) is 43.6 cm³/mol. The lowest BCUT2D eigenvalue weighted by Crippen LogP contribution is -2.30. The predicted octanol–water partition coefficient (Wildman–Crippen LogP) is 0.274. The minimum atomic E-state index is -0.0799. The van der Waals surface area contributed by atoms with Crippen molar-refractivity contribution in [2.45, 2.75) is 32.2 Å². The second kappa shape index (κ2) is 4.42. The van der Waals surface area contributed by atoms with Gasteiger partial charge in [0, 0.05) is 27.0 Å². The summed E-state index contributed by atoms with van der Waals surface area (Å²) in [5, 5.41) is 2.71. The van der Waals surface area contributed by atoms with Gasteiger partial charge >= 0.3 is 0 Å². The number of hydrogen-bond acceptors (Lipinski definition) is 3. The van der Waals surface area contributed by atoms with Gasteiger partial charge in [-0.25, -0.2) is 0 Å². The van der Waals surface area contributed by atoms with Crippen LogP contribution in [0, 0.1) is 0 Å². The van der Waals surface area contributed by atoms with Gasteiger partial charge in [-0.3, -0.25) is 4.79 Å². The SMILES string of the molecule is COC1CCC(CNC(C)=O)O1. The molecule has 0 saturated carbocycles. The Morgan fingerprint density at radius 2 is 2.42 bits per heavy atom. The van der Waals surface area contributed by atoms with Gasteiger partial charge in [0.25, 0.3) is 0 Å². The Bertz CT molecular complexity index is 160. The molecule has 1 heterocycles. The molecule has 1 rings (SSSR count). The van der Waals surface area contributed by atoms with E-state index in [-0.39, 0.29) is 18.3 Å². The van der Waals surface area contributed by atoms with Crippen LogP contribution >= 0.6 is 0 Å². The normalized spacial score (nSPS) is 28.8. The molecule has 1 aliphatic rings. The average molecular weight is 173 g/mol. The summed E-state index contributed by atoms with van der Waals surface area (Å²) >= 11 is 0. The number of carbonyl (C=O) groups is 1. The third-order valence-corrected chi connectivity index (χ3v) is 1.91. The van der Waals surface area contributed by atoms with Crippen LogP contribution in [-0.4, -0.2) is 32.0 Å². The number of rotatable bonds is 3. The molecule has 0 aliphatic carbocycles. The van der Waals surface area contributed by atoms with E-state index in [1.165, 1.54) is 6.92 Å². The summed E-state index contributed by atoms with van der Waals surface area (Å²) in [6.07, 6.45) is 1.92. The maximum absolute atomic E-state index is 10.6. The van der Waals surface area contributed by atoms with Crippen LogP contribution in [0.2, 0.25) is 0 Å². The highest BCUT2D eigenvalue weighted by Crippen LogP contribution is 2.18. The van der Waals surface area contributed by atoms with Gasteiger partial charge in [-0.05, 0) is 6.42 Å². The van der Waals surface area contributed by atoms with E-state index in [4.69, 9.17) is 9.47 Å². The van der Waals surface area contributed by atoms with E-state index in [0.29, 0.717) is 6.54 Å². The Morgan fingerprint density at radius 3 is 2.92 bits per heavy atom. The van der Waals surface area contributed by atoms with E-state index in [1.54, 1.807) is 7.11 Å². The van der Waals surface area contributed by atoms with E-state index in [1.807, 2.05) is 0 Å². The summed E-state index contributed by atoms with van der Waals surface area (Å²) in [4.78, 5) is 10.6. The molecule has 70 valence electrons. The highest BCUT2D eigenvalue weighted by atomic mass is 16.7. The second-order valence-corrected chi connectivity index (χ2v) is 2.94. The van der Waals surface area contributed by atoms with Crippen LogP contribution in [0.25, 0.3) is 0 Å². The van der Waals surface area contributed by atoms with Crippen molar-refractivity contribution in [3.05, 3.63) is 0 Å². The molecule has 12 heavy (non-hydrogen) atoms. The smallest absolute Gasteiger partial charge is 0.216 e. The third-order valence-electron chi connectivity index (χ3n) is 1.91. The second-order valence-electron chi connectivity index (χ2n) is 2.94. The summed E-state index contributed by atoms with van der Waals surface area (Å²) in [5.74, 6) is -0.0144. The van der Waals surface area contributed by atoms with E-state index in [0.717, 1.165) is 12.8 Å². The molecule has 4 nitrogen and oxygen atoms in total. The van der Waals surface area contributed by atoms with E-state index < -0.39 is 0 Å². The van der Waals surface area contributed by atoms with Gasteiger partial charge in [-0.2, -0.15) is 0 Å². The highest BCUT2D eigenvalue weighted by molar-refractivity contribution is 5.72. The molecule has 2 unspecified atom stereocenters. The van der Waals surface area contributed by atoms with Gasteiger partial charge in [-0.15, -0.1) is 0 Å². The molecule has 0 bridgehead atoms. The van der Waals surface area contributed by atoms with Crippen molar-refractivity contribution in [2.24, 2.45) is 0 Å². The quantitative estimate of drug-likeness (QED) is 0.666. The Kier molecular flexibility index (Phi) is 3.49. The van der Waals surface area contributed by atoms with Crippen LogP contribution in [0.4, 0.5) is 0 Å². The minimum absolute atomic E-state index is 0.0144. The molecular weight excluding hydrogens is 158 g/mol. The molecule has 2 atom stereocenters. The van der Waals surface area contributed by atoms with Crippen molar-refractivity contribution < 1.29 is 14.3 Å². The van der Waals surface area contributed by atoms with E-state index >= 15 is 0 Å². The monoisotopic (exact) mass is 173 g/mol. The zero-order valence-corrected chi connectivity index (χ0v) is 7.50. The summed E-state index contributed by atoms with van der Waals surface area (Å²) in [6, 6.07) is 0. The molecule has 1 saturated heterocycles. The zero-order valence-electron chi connectivity index (χ0n) is 7.50. The number of methoxy groups -OCH3 is 1. The van der Waals surface area contributed by atoms with Crippen molar-refractivity contribution in [2.75, 3.05) is 13.7 Å². The highest BCUT2D eigenvalue weighted by Gasteiger charge is 2.24. The molecule has 4 heteroatoms. The molecule has 1 N–H and O–H groups in total. The van der Waals surface area contributed by atoms with Crippen LogP contribution in [0.5, 0.6) is 0 Å². The van der Waals surface area contributed by atoms with Crippen LogP contribution in [0.15, 0.2) is 0 Å². The molecule has 1 amide bonds. The largest absolute Gasteiger partial charge is 0.356 e. The topological polar surface area (TPSA) is 47.6 Å². The summed E-state index contributed by atoms with van der Waals surface area (Å²) in [6.45, 7) is 2.10. The molecule has 1 aliphatic heterocycles. The number of carbonyl (C=O) groups excluding carboxylic acids is 1. The lowest BCUT2D eigenvalue weighted by molar-refractivity contribution is -0.124. The first-order chi connectivity index (χ1) is 5.72. The fourth-order valence-corrected chi connectivity index (χ4v) is 1.25. The van der Waals surface area contributed by atoms with Gasteiger partial charge in [0.15, 0.2) is 6.29 Å². The minimum Gasteiger partial charge on any atom is -0.356 e. The summed E-state index contributed by atoms with van der Waals surface area (Å²) in [5.41, 5.74) is 0. The van der Waals surface area contributed by atoms with Gasteiger partial charge in [-0.1, -0.05) is 0 Å². The zero-order chi connectivity index (χ0) is 8.97. The van der Waals surface area contributed by atoms with Crippen molar-refractivity contribution >= 4 is 5.91 Å². The van der Waals surface area contributed by atoms with Crippen molar-refractivity contribution in [1.29, 1.82) is 0 Å². The first kappa shape index (κ1) is 9.48. The first-order valence-corrected chi connectivity index (χ1v) is 4.15. The molecular formula is C8H15NO3. The fraction of sp³-hybridized carbons (Fsp3) is 0.875. The molecule has 1 fully saturated rings. The van der Waals surface area contributed by atoms with Crippen LogP contribution in [0.3, 0.4) is 0 Å². The summed E-state index contributed by atoms with van der Waals surface area (Å²) < 4.78 is 10.4. The lowest BCUT2D eigenvalue weighted by atomic mass is 10.2. The standard InChI is InChI=1S/C8H15NO3/c1-6(10)9-5-7-3-4-8(11-2)12-7/h7-8H,3-5H2,1-2H3,(H,9,10). The molecule has 0 aromatic heterocycles. The van der Waals surface area contributed by atoms with Crippen LogP contribution in [-0.2, 0) is 14.3 Å². The number of nitrogens with one attached hydrogen (secondary N) is 1. The van der Waals surface area contributed by atoms with Crippen molar-refractivity contribution in [3.8, 4) is 0 Å². The molecule has 0 spiro atoms. The fourth-order valence-electron chi connectivity index (χ4n) is 1.25. The first-order valence-electron chi connectivity index (χ1n) is 4.15.